The molecule has 3 aromatic rings. The summed E-state index contributed by atoms with van der Waals surface area (Å²) in [7, 11) is 0. The second-order valence-electron chi connectivity index (χ2n) is 12.5. The van der Waals surface area contributed by atoms with Gasteiger partial charge in [-0.05, 0) is 28.7 Å². The van der Waals surface area contributed by atoms with E-state index >= 15 is 0 Å². The van der Waals surface area contributed by atoms with Gasteiger partial charge < -0.3 is 47.4 Å². The SMILES string of the molecule is O=C(CCCOCCOCCOCCOCCOCCOCCOCCOCCC(=O)Oc1c(F)c(F)c(F)c(F)c1F)OCC1c2ccccc2-c2ccccc21. The summed E-state index contributed by atoms with van der Waals surface area (Å²) in [4.78, 5) is 24.0. The zero-order valence-electron chi connectivity index (χ0n) is 32.1. The number of hydrogen-bond acceptors (Lipinski definition) is 12. The lowest BCUT2D eigenvalue weighted by atomic mass is 9.98. The zero-order chi connectivity index (χ0) is 41.4. The normalized spacial score (nSPS) is 12.2. The van der Waals surface area contributed by atoms with Gasteiger partial charge in [0.25, 0.3) is 0 Å². The summed E-state index contributed by atoms with van der Waals surface area (Å²) in [5, 5.41) is 0. The second kappa shape index (κ2) is 26.8. The van der Waals surface area contributed by atoms with Crippen molar-refractivity contribution in [2.24, 2.45) is 0 Å². The van der Waals surface area contributed by atoms with Crippen LogP contribution < -0.4 is 4.74 Å². The summed E-state index contributed by atoms with van der Waals surface area (Å²) in [6, 6.07) is 16.5. The van der Waals surface area contributed by atoms with Crippen molar-refractivity contribution in [2.45, 2.75) is 25.2 Å². The maximum absolute atomic E-state index is 13.6. The van der Waals surface area contributed by atoms with Crippen LogP contribution in [0.4, 0.5) is 22.0 Å². The number of esters is 2. The second-order valence-corrected chi connectivity index (χ2v) is 12.5. The van der Waals surface area contributed by atoms with Crippen LogP contribution in [0.15, 0.2) is 48.5 Å². The standard InChI is InChI=1S/C41H49F5O12/c42-36-37(43)39(45)41(40(46)38(36)44)58-35(48)11-13-50-15-17-52-19-21-54-23-25-56-27-26-55-24-22-53-20-18-51-16-14-49-12-5-10-34(47)57-28-33-31-8-3-1-6-29(31)30-7-2-4-9-32(30)33/h1-4,6-9,33H,5,10-28H2. The molecule has 0 unspecified atom stereocenters. The maximum Gasteiger partial charge on any atom is 0.313 e. The topological polar surface area (TPSA) is 126 Å². The number of halogens is 5. The van der Waals surface area contributed by atoms with E-state index in [1.54, 1.807) is 0 Å². The molecule has 0 N–H and O–H groups in total. The van der Waals surface area contributed by atoms with Crippen LogP contribution in [0.5, 0.6) is 5.75 Å². The molecule has 0 radical (unpaired) electrons. The van der Waals surface area contributed by atoms with Gasteiger partial charge >= 0.3 is 11.9 Å². The predicted octanol–water partition coefficient (Wildman–Crippen LogP) is 5.95. The lowest BCUT2D eigenvalue weighted by Gasteiger charge is -2.14. The van der Waals surface area contributed by atoms with Gasteiger partial charge in [0, 0.05) is 18.9 Å². The number of fused-ring (bicyclic) bond motifs is 3. The number of hydrogen-bond donors (Lipinski definition) is 0. The molecule has 58 heavy (non-hydrogen) atoms. The minimum absolute atomic E-state index is 0.0502. The highest BCUT2D eigenvalue weighted by Crippen LogP contribution is 2.44. The van der Waals surface area contributed by atoms with E-state index in [1.807, 2.05) is 24.3 Å². The molecule has 0 bridgehead atoms. The van der Waals surface area contributed by atoms with Crippen LogP contribution in [0, 0.1) is 29.1 Å². The largest absolute Gasteiger partial charge is 0.465 e. The van der Waals surface area contributed by atoms with Gasteiger partial charge in [0.05, 0.1) is 106 Å². The van der Waals surface area contributed by atoms with Crippen LogP contribution in [0.1, 0.15) is 36.3 Å². The Morgan fingerprint density at radius 2 is 0.793 bits per heavy atom. The van der Waals surface area contributed by atoms with Crippen molar-refractivity contribution in [2.75, 3.05) is 112 Å². The number of carbonyl (C=O) groups excluding carboxylic acids is 2. The Morgan fingerprint density at radius 3 is 1.22 bits per heavy atom. The Morgan fingerprint density at radius 1 is 0.431 bits per heavy atom. The van der Waals surface area contributed by atoms with Gasteiger partial charge in [-0.3, -0.25) is 9.59 Å². The van der Waals surface area contributed by atoms with Gasteiger partial charge in [-0.1, -0.05) is 48.5 Å². The van der Waals surface area contributed by atoms with Crippen molar-refractivity contribution in [3.8, 4) is 16.9 Å². The molecule has 0 spiro atoms. The molecule has 0 heterocycles. The van der Waals surface area contributed by atoms with E-state index in [1.165, 1.54) is 22.3 Å². The molecular weight excluding hydrogens is 779 g/mol. The fraction of sp³-hybridized carbons (Fsp3) is 0.512. The Bertz CT molecular complexity index is 1620. The first kappa shape index (κ1) is 46.6. The molecule has 1 aliphatic carbocycles. The molecule has 4 rings (SSSR count). The molecule has 0 fully saturated rings. The van der Waals surface area contributed by atoms with Crippen molar-refractivity contribution in [3.05, 3.63) is 88.7 Å². The van der Waals surface area contributed by atoms with E-state index in [2.05, 4.69) is 29.0 Å². The first-order valence-electron chi connectivity index (χ1n) is 19.0. The summed E-state index contributed by atoms with van der Waals surface area (Å²) in [5.74, 6) is -14.3. The van der Waals surface area contributed by atoms with Crippen molar-refractivity contribution in [1.82, 2.24) is 0 Å². The molecule has 17 heteroatoms. The van der Waals surface area contributed by atoms with E-state index in [0.29, 0.717) is 98.7 Å². The number of ether oxygens (including phenoxy) is 10. The highest BCUT2D eigenvalue weighted by molar-refractivity contribution is 5.79. The Labute approximate surface area is 333 Å². The molecule has 0 saturated carbocycles. The first-order chi connectivity index (χ1) is 28.3. The van der Waals surface area contributed by atoms with Gasteiger partial charge in [0.15, 0.2) is 0 Å². The molecule has 12 nitrogen and oxygen atoms in total. The fourth-order valence-electron chi connectivity index (χ4n) is 5.64. The van der Waals surface area contributed by atoms with Gasteiger partial charge in [-0.2, -0.15) is 8.78 Å². The van der Waals surface area contributed by atoms with Crippen LogP contribution in [0.25, 0.3) is 11.1 Å². The smallest absolute Gasteiger partial charge is 0.313 e. The minimum Gasteiger partial charge on any atom is -0.465 e. The summed E-state index contributed by atoms with van der Waals surface area (Å²) >= 11 is 0. The van der Waals surface area contributed by atoms with Crippen molar-refractivity contribution < 1.29 is 78.9 Å². The quantitative estimate of drug-likeness (QED) is 0.0190. The Balaban J connectivity index is 0.824. The van der Waals surface area contributed by atoms with Crippen molar-refractivity contribution in [1.29, 1.82) is 0 Å². The molecule has 320 valence electrons. The minimum atomic E-state index is -2.35. The molecule has 0 saturated heterocycles. The van der Waals surface area contributed by atoms with Crippen LogP contribution in [-0.4, -0.2) is 124 Å². The maximum atomic E-state index is 13.6. The van der Waals surface area contributed by atoms with E-state index in [4.69, 9.17) is 42.6 Å². The number of carbonyl (C=O) groups is 2. The summed E-state index contributed by atoms with van der Waals surface area (Å²) in [6.07, 6.45) is 0.374. The van der Waals surface area contributed by atoms with Crippen LogP contribution in [0.3, 0.4) is 0 Å². The summed E-state index contributed by atoms with van der Waals surface area (Å²) in [5.41, 5.74) is 4.78. The molecule has 0 amide bonds. The van der Waals surface area contributed by atoms with E-state index < -0.39 is 47.2 Å². The third kappa shape index (κ3) is 15.6. The monoisotopic (exact) mass is 828 g/mol. The Hall–Kier alpha value is -4.07. The average Bonchev–Trinajstić information content (AvgIpc) is 3.56. The number of rotatable bonds is 31. The van der Waals surface area contributed by atoms with Gasteiger partial charge in [-0.25, -0.2) is 13.2 Å². The zero-order valence-corrected chi connectivity index (χ0v) is 32.1. The van der Waals surface area contributed by atoms with Gasteiger partial charge in [-0.15, -0.1) is 0 Å². The van der Waals surface area contributed by atoms with Gasteiger partial charge in [0.2, 0.25) is 34.8 Å². The molecule has 0 aliphatic heterocycles. The highest BCUT2D eigenvalue weighted by Gasteiger charge is 2.30. The third-order valence-electron chi connectivity index (χ3n) is 8.48. The molecule has 1 aliphatic rings. The molecule has 0 atom stereocenters. The predicted molar refractivity (Wildman–Crippen MR) is 197 cm³/mol. The molecule has 0 aromatic heterocycles. The van der Waals surface area contributed by atoms with E-state index in [0.717, 1.165) is 0 Å². The third-order valence-corrected chi connectivity index (χ3v) is 8.48. The first-order valence-corrected chi connectivity index (χ1v) is 19.0. The molecular formula is C41H49F5O12. The summed E-state index contributed by atoms with van der Waals surface area (Å²) < 4.78 is 120. The lowest BCUT2D eigenvalue weighted by molar-refractivity contribution is -0.144. The number of benzene rings is 3. The fourth-order valence-corrected chi connectivity index (χ4v) is 5.64. The van der Waals surface area contributed by atoms with Crippen LogP contribution in [0.2, 0.25) is 0 Å². The summed E-state index contributed by atoms with van der Waals surface area (Å²) in [6.45, 7) is 5.36. The average molecular weight is 829 g/mol. The van der Waals surface area contributed by atoms with E-state index in [9.17, 15) is 31.5 Å². The van der Waals surface area contributed by atoms with E-state index in [-0.39, 0.29) is 38.3 Å². The lowest BCUT2D eigenvalue weighted by Crippen LogP contribution is -2.16. The van der Waals surface area contributed by atoms with Crippen LogP contribution >= 0.6 is 0 Å². The van der Waals surface area contributed by atoms with Crippen molar-refractivity contribution in [3.63, 3.8) is 0 Å². The van der Waals surface area contributed by atoms with Gasteiger partial charge in [0.1, 0.15) is 6.61 Å². The van der Waals surface area contributed by atoms with Crippen LogP contribution in [-0.2, 0) is 52.2 Å². The highest BCUT2D eigenvalue weighted by atomic mass is 19.2. The van der Waals surface area contributed by atoms with Crippen molar-refractivity contribution >= 4 is 11.9 Å². The Kier molecular flexibility index (Phi) is 21.6. The molecule has 3 aromatic carbocycles.